The third-order valence-electron chi connectivity index (χ3n) is 2.05. The van der Waals surface area contributed by atoms with Gasteiger partial charge in [-0.25, -0.2) is 0 Å². The van der Waals surface area contributed by atoms with Gasteiger partial charge in [0.15, 0.2) is 0 Å². The minimum atomic E-state index is 0.830. The number of thioether (sulfide) groups is 1. The van der Waals surface area contributed by atoms with Crippen LogP contribution in [0.2, 0.25) is 0 Å². The van der Waals surface area contributed by atoms with Crippen LogP contribution in [0.25, 0.3) is 0 Å². The van der Waals surface area contributed by atoms with Crippen molar-refractivity contribution in [2.45, 2.75) is 32.9 Å². The second kappa shape index (κ2) is 7.70. The molecule has 0 spiro atoms. The molecule has 0 saturated heterocycles. The van der Waals surface area contributed by atoms with Crippen molar-refractivity contribution in [3.8, 4) is 0 Å². The van der Waals surface area contributed by atoms with E-state index < -0.39 is 0 Å². The predicted molar refractivity (Wildman–Crippen MR) is 65.0 cm³/mol. The smallest absolute Gasteiger partial charge is 0.0964 e. The van der Waals surface area contributed by atoms with Crippen molar-refractivity contribution < 1.29 is 0 Å². The first-order chi connectivity index (χ1) is 7.36. The van der Waals surface area contributed by atoms with Gasteiger partial charge in [0, 0.05) is 19.3 Å². The van der Waals surface area contributed by atoms with Crippen molar-refractivity contribution >= 4 is 11.8 Å². The fourth-order valence-corrected chi connectivity index (χ4v) is 1.71. The Morgan fingerprint density at radius 2 is 2.40 bits per heavy atom. The van der Waals surface area contributed by atoms with Crippen molar-refractivity contribution in [1.29, 1.82) is 0 Å². The van der Waals surface area contributed by atoms with Gasteiger partial charge in [-0.15, -0.1) is 5.10 Å². The highest BCUT2D eigenvalue weighted by Gasteiger charge is 1.99. The van der Waals surface area contributed by atoms with Crippen molar-refractivity contribution in [3.63, 3.8) is 0 Å². The zero-order chi connectivity index (χ0) is 10.9. The molecule has 5 heteroatoms. The minimum absolute atomic E-state index is 0.830. The van der Waals surface area contributed by atoms with Crippen LogP contribution in [0, 0.1) is 0 Å². The molecule has 0 aromatic carbocycles. The number of aryl methyl sites for hydroxylation is 1. The Kier molecular flexibility index (Phi) is 6.43. The first kappa shape index (κ1) is 12.5. The predicted octanol–water partition coefficient (Wildman–Crippen LogP) is 1.53. The van der Waals surface area contributed by atoms with E-state index in [9.17, 15) is 0 Å². The van der Waals surface area contributed by atoms with Crippen LogP contribution >= 0.6 is 11.8 Å². The van der Waals surface area contributed by atoms with Crippen LogP contribution < -0.4 is 5.32 Å². The largest absolute Gasteiger partial charge is 0.311 e. The highest BCUT2D eigenvalue weighted by molar-refractivity contribution is 7.98. The molecule has 0 unspecified atom stereocenters. The molecule has 0 radical (unpaired) electrons. The van der Waals surface area contributed by atoms with E-state index in [1.807, 2.05) is 22.6 Å². The Balaban J connectivity index is 2.23. The summed E-state index contributed by atoms with van der Waals surface area (Å²) in [6.45, 7) is 5.00. The Morgan fingerprint density at radius 1 is 1.53 bits per heavy atom. The van der Waals surface area contributed by atoms with Crippen molar-refractivity contribution in [2.75, 3.05) is 18.6 Å². The molecule has 86 valence electrons. The lowest BCUT2D eigenvalue weighted by Gasteiger charge is -1.98. The lowest BCUT2D eigenvalue weighted by Crippen LogP contribution is -2.13. The lowest BCUT2D eigenvalue weighted by molar-refractivity contribution is 0.581. The second-order valence-corrected chi connectivity index (χ2v) is 4.48. The second-order valence-electron chi connectivity index (χ2n) is 3.50. The molecule has 0 bridgehead atoms. The fourth-order valence-electron chi connectivity index (χ4n) is 1.29. The summed E-state index contributed by atoms with van der Waals surface area (Å²) in [5.41, 5.74) is 1.03. The number of rotatable bonds is 8. The third-order valence-corrected chi connectivity index (χ3v) is 2.75. The van der Waals surface area contributed by atoms with Crippen LogP contribution in [0.5, 0.6) is 0 Å². The first-order valence-electron chi connectivity index (χ1n) is 5.45. The average molecular weight is 228 g/mol. The molecule has 1 N–H and O–H groups in total. The normalized spacial score (nSPS) is 10.8. The van der Waals surface area contributed by atoms with Gasteiger partial charge in [0.05, 0.1) is 5.69 Å². The molecule has 0 aliphatic rings. The molecule has 4 nitrogen and oxygen atoms in total. The lowest BCUT2D eigenvalue weighted by atomic mass is 10.4. The van der Waals surface area contributed by atoms with Crippen LogP contribution in [0.4, 0.5) is 0 Å². The van der Waals surface area contributed by atoms with E-state index in [1.54, 1.807) is 0 Å². The molecule has 1 heterocycles. The van der Waals surface area contributed by atoms with Gasteiger partial charge in [0.2, 0.25) is 0 Å². The molecule has 1 rings (SSSR count). The summed E-state index contributed by atoms with van der Waals surface area (Å²) in [4.78, 5) is 0. The summed E-state index contributed by atoms with van der Waals surface area (Å²) in [6.07, 6.45) is 6.47. The maximum Gasteiger partial charge on any atom is 0.0964 e. The van der Waals surface area contributed by atoms with Crippen LogP contribution in [-0.2, 0) is 13.1 Å². The summed E-state index contributed by atoms with van der Waals surface area (Å²) < 4.78 is 1.93. The SMILES string of the molecule is CCCNCc1cn(CCCSC)nn1. The van der Waals surface area contributed by atoms with Crippen LogP contribution in [-0.4, -0.2) is 33.5 Å². The van der Waals surface area contributed by atoms with Crippen LogP contribution in [0.3, 0.4) is 0 Å². The molecule has 1 aromatic heterocycles. The summed E-state index contributed by atoms with van der Waals surface area (Å²) in [6, 6.07) is 0. The maximum atomic E-state index is 4.11. The van der Waals surface area contributed by atoms with E-state index in [4.69, 9.17) is 0 Å². The zero-order valence-electron chi connectivity index (χ0n) is 9.57. The number of hydrogen-bond donors (Lipinski definition) is 1. The third kappa shape index (κ3) is 5.18. The van der Waals surface area contributed by atoms with E-state index in [0.717, 1.165) is 38.2 Å². The van der Waals surface area contributed by atoms with E-state index in [1.165, 1.54) is 5.75 Å². The van der Waals surface area contributed by atoms with Gasteiger partial charge >= 0.3 is 0 Å². The van der Waals surface area contributed by atoms with E-state index in [-0.39, 0.29) is 0 Å². The number of nitrogens with one attached hydrogen (secondary N) is 1. The number of nitrogens with zero attached hydrogens (tertiary/aromatic N) is 3. The number of hydrogen-bond acceptors (Lipinski definition) is 4. The average Bonchev–Trinajstić information content (AvgIpc) is 2.67. The molecule has 0 saturated carbocycles. The standard InChI is InChI=1S/C10H20N4S/c1-3-5-11-8-10-9-14(13-12-10)6-4-7-15-2/h9,11H,3-8H2,1-2H3. The number of aromatic nitrogens is 3. The minimum Gasteiger partial charge on any atom is -0.311 e. The van der Waals surface area contributed by atoms with Crippen LogP contribution in [0.1, 0.15) is 25.5 Å². The Bertz CT molecular complexity index is 237. The van der Waals surface area contributed by atoms with Gasteiger partial charge in [-0.1, -0.05) is 12.1 Å². The van der Waals surface area contributed by atoms with Crippen molar-refractivity contribution in [1.82, 2.24) is 20.3 Å². The van der Waals surface area contributed by atoms with Gasteiger partial charge in [-0.3, -0.25) is 4.68 Å². The van der Waals surface area contributed by atoms with E-state index in [0.29, 0.717) is 0 Å². The highest BCUT2D eigenvalue weighted by atomic mass is 32.2. The van der Waals surface area contributed by atoms with Gasteiger partial charge in [0.1, 0.15) is 0 Å². The summed E-state index contributed by atoms with van der Waals surface area (Å²) in [5.74, 6) is 1.18. The van der Waals surface area contributed by atoms with Gasteiger partial charge < -0.3 is 5.32 Å². The molecule has 0 fully saturated rings. The summed E-state index contributed by atoms with van der Waals surface area (Å²) in [5, 5.41) is 11.5. The fraction of sp³-hybridized carbons (Fsp3) is 0.800. The topological polar surface area (TPSA) is 42.7 Å². The van der Waals surface area contributed by atoms with Gasteiger partial charge in [-0.05, 0) is 31.4 Å². The highest BCUT2D eigenvalue weighted by Crippen LogP contribution is 1.99. The molecule has 0 aliphatic carbocycles. The van der Waals surface area contributed by atoms with Crippen LogP contribution in [0.15, 0.2) is 6.20 Å². The van der Waals surface area contributed by atoms with Crippen molar-refractivity contribution in [3.05, 3.63) is 11.9 Å². The van der Waals surface area contributed by atoms with Gasteiger partial charge in [-0.2, -0.15) is 11.8 Å². The Labute approximate surface area is 95.8 Å². The summed E-state index contributed by atoms with van der Waals surface area (Å²) in [7, 11) is 0. The monoisotopic (exact) mass is 228 g/mol. The molecule has 1 aromatic rings. The zero-order valence-corrected chi connectivity index (χ0v) is 10.4. The molecular weight excluding hydrogens is 208 g/mol. The summed E-state index contributed by atoms with van der Waals surface area (Å²) >= 11 is 1.87. The van der Waals surface area contributed by atoms with E-state index >= 15 is 0 Å². The van der Waals surface area contributed by atoms with Gasteiger partial charge in [0.25, 0.3) is 0 Å². The quantitative estimate of drug-likeness (QED) is 0.685. The van der Waals surface area contributed by atoms with E-state index in [2.05, 4.69) is 28.8 Å². The molecular formula is C10H20N4S. The van der Waals surface area contributed by atoms with Crippen molar-refractivity contribution in [2.24, 2.45) is 0 Å². The maximum absolute atomic E-state index is 4.11. The Hall–Kier alpha value is -0.550. The Morgan fingerprint density at radius 3 is 3.13 bits per heavy atom. The molecule has 0 atom stereocenters. The molecule has 0 amide bonds. The molecule has 15 heavy (non-hydrogen) atoms. The first-order valence-corrected chi connectivity index (χ1v) is 6.85. The molecule has 0 aliphatic heterocycles.